The Morgan fingerprint density at radius 2 is 1.49 bits per heavy atom. The summed E-state index contributed by atoms with van der Waals surface area (Å²) in [6, 6.07) is 21.1. The van der Waals surface area contributed by atoms with E-state index >= 15 is 0 Å². The van der Waals surface area contributed by atoms with Crippen LogP contribution in [0.1, 0.15) is 38.9 Å². The molecule has 1 fully saturated rings. The number of thioether (sulfide) groups is 1. The predicted molar refractivity (Wildman–Crippen MR) is 181 cm³/mol. The van der Waals surface area contributed by atoms with Crippen molar-refractivity contribution >= 4 is 63.5 Å². The molecule has 1 aliphatic rings. The highest BCUT2D eigenvalue weighted by atomic mass is 35.5. The minimum absolute atomic E-state index is 0.202. The molecular weight excluding hydrogens is 599 g/mol. The van der Waals surface area contributed by atoms with Crippen LogP contribution in [0.2, 0.25) is 10.0 Å². The molecule has 4 aromatic carbocycles. The minimum atomic E-state index is -0.202. The van der Waals surface area contributed by atoms with Gasteiger partial charge >= 0.3 is 0 Å². The zero-order valence-corrected chi connectivity index (χ0v) is 27.2. The third-order valence-corrected chi connectivity index (χ3v) is 9.08. The largest absolute Gasteiger partial charge is 0.493 e. The molecule has 0 aliphatic carbocycles. The number of rotatable bonds is 7. The number of carbonyl (C=O) groups excluding carboxylic acids is 1. The van der Waals surface area contributed by atoms with Gasteiger partial charge in [-0.1, -0.05) is 59.1 Å². The average Bonchev–Trinajstić information content (AvgIpc) is 3.26. The molecule has 0 aromatic heterocycles. The first kappa shape index (κ1) is 30.7. The number of halogens is 2. The van der Waals surface area contributed by atoms with E-state index in [1.54, 1.807) is 24.1 Å². The van der Waals surface area contributed by atoms with Gasteiger partial charge in [0.05, 0.1) is 23.4 Å². The lowest BCUT2D eigenvalue weighted by Gasteiger charge is -2.17. The van der Waals surface area contributed by atoms with Gasteiger partial charge in [-0.3, -0.25) is 9.69 Å². The van der Waals surface area contributed by atoms with Crippen molar-refractivity contribution in [2.75, 3.05) is 12.0 Å². The normalized spacial score (nSPS) is 15.1. The fourth-order valence-electron chi connectivity index (χ4n) is 4.89. The maximum absolute atomic E-state index is 13.8. The van der Waals surface area contributed by atoms with E-state index in [4.69, 9.17) is 37.7 Å². The SMILES string of the molecule is COc1cc(/C=C2\SC(=Nc3ccc(C)c(Cl)c3)N(c3ccc(C)c(Cl)c3)C2=O)ccc1OCc1c(C)cc(C)cc1C. The maximum atomic E-state index is 13.8. The first-order valence-corrected chi connectivity index (χ1v) is 15.3. The molecule has 0 radical (unpaired) electrons. The fourth-order valence-corrected chi connectivity index (χ4v) is 6.24. The van der Waals surface area contributed by atoms with Crippen LogP contribution in [0.15, 0.2) is 76.6 Å². The summed E-state index contributed by atoms with van der Waals surface area (Å²) in [5.41, 5.74) is 8.73. The summed E-state index contributed by atoms with van der Waals surface area (Å²) < 4.78 is 11.9. The summed E-state index contributed by atoms with van der Waals surface area (Å²) in [5.74, 6) is 1.01. The Labute approximate surface area is 267 Å². The Balaban J connectivity index is 1.47. The molecular formula is C35H32Cl2N2O3S. The fraction of sp³-hybridized carbons (Fsp3) is 0.200. The number of aryl methyl sites for hydroxylation is 5. The first-order chi connectivity index (χ1) is 20.5. The van der Waals surface area contributed by atoms with Crippen molar-refractivity contribution in [2.45, 2.75) is 41.2 Å². The van der Waals surface area contributed by atoms with Crippen LogP contribution in [-0.2, 0) is 11.4 Å². The van der Waals surface area contributed by atoms with Crippen LogP contribution in [0.3, 0.4) is 0 Å². The van der Waals surface area contributed by atoms with Crippen molar-refractivity contribution in [1.82, 2.24) is 0 Å². The van der Waals surface area contributed by atoms with Gasteiger partial charge in [-0.25, -0.2) is 4.99 Å². The molecule has 5 nitrogen and oxygen atoms in total. The third kappa shape index (κ3) is 6.77. The molecule has 8 heteroatoms. The molecule has 1 aliphatic heterocycles. The topological polar surface area (TPSA) is 51.1 Å². The molecule has 1 saturated heterocycles. The summed E-state index contributed by atoms with van der Waals surface area (Å²) >= 11 is 14.1. The minimum Gasteiger partial charge on any atom is -0.493 e. The predicted octanol–water partition coefficient (Wildman–Crippen LogP) is 9.93. The Hall–Kier alpha value is -3.71. The van der Waals surface area contributed by atoms with E-state index in [0.717, 1.165) is 22.3 Å². The van der Waals surface area contributed by atoms with Crippen molar-refractivity contribution in [1.29, 1.82) is 0 Å². The molecule has 0 saturated carbocycles. The highest BCUT2D eigenvalue weighted by molar-refractivity contribution is 8.19. The zero-order chi connectivity index (χ0) is 30.8. The van der Waals surface area contributed by atoms with Crippen LogP contribution >= 0.6 is 35.0 Å². The Morgan fingerprint density at radius 3 is 2.14 bits per heavy atom. The molecule has 0 spiro atoms. The number of nitrogens with zero attached hydrogens (tertiary/aromatic N) is 2. The van der Waals surface area contributed by atoms with Crippen LogP contribution < -0.4 is 14.4 Å². The van der Waals surface area contributed by atoms with Crippen molar-refractivity contribution < 1.29 is 14.3 Å². The molecule has 0 N–H and O–H groups in total. The molecule has 0 unspecified atom stereocenters. The van der Waals surface area contributed by atoms with E-state index in [-0.39, 0.29) is 5.91 Å². The number of methoxy groups -OCH3 is 1. The van der Waals surface area contributed by atoms with Crippen LogP contribution in [-0.4, -0.2) is 18.2 Å². The van der Waals surface area contributed by atoms with Crippen molar-refractivity contribution in [3.8, 4) is 11.5 Å². The van der Waals surface area contributed by atoms with Gasteiger partial charge in [0.1, 0.15) is 6.61 Å². The van der Waals surface area contributed by atoms with Crippen molar-refractivity contribution in [3.63, 3.8) is 0 Å². The molecule has 43 heavy (non-hydrogen) atoms. The number of anilines is 1. The summed E-state index contributed by atoms with van der Waals surface area (Å²) in [4.78, 5) is 20.7. The summed E-state index contributed by atoms with van der Waals surface area (Å²) in [7, 11) is 1.61. The number of carbonyl (C=O) groups is 1. The standard InChI is InChI=1S/C35H32Cl2N2O3S/c1-20-13-23(4)28(24(5)14-20)19-42-31-12-9-25(15-32(31)41-6)16-33-34(40)39(27-11-8-22(3)30(37)18-27)35(43-33)38-26-10-7-21(2)29(36)17-26/h7-18H,19H2,1-6H3/b33-16-,38-35?. The summed E-state index contributed by atoms with van der Waals surface area (Å²) in [6.07, 6.45) is 1.83. The Kier molecular flexibility index (Phi) is 9.21. The van der Waals surface area contributed by atoms with Crippen molar-refractivity contribution in [2.24, 2.45) is 4.99 Å². The highest BCUT2D eigenvalue weighted by Crippen LogP contribution is 2.40. The van der Waals surface area contributed by atoms with Gasteiger partial charge in [-0.15, -0.1) is 0 Å². The number of benzene rings is 4. The summed E-state index contributed by atoms with van der Waals surface area (Å²) in [5, 5.41) is 1.69. The third-order valence-electron chi connectivity index (χ3n) is 7.30. The number of hydrogen-bond donors (Lipinski definition) is 0. The molecule has 1 heterocycles. The lowest BCUT2D eigenvalue weighted by molar-refractivity contribution is -0.113. The van der Waals surface area contributed by atoms with E-state index in [0.29, 0.717) is 49.6 Å². The van der Waals surface area contributed by atoms with Gasteiger partial charge in [0.25, 0.3) is 5.91 Å². The van der Waals surface area contributed by atoms with Gasteiger partial charge in [-0.05, 0) is 122 Å². The number of amides is 1. The summed E-state index contributed by atoms with van der Waals surface area (Å²) in [6.45, 7) is 10.6. The van der Waals surface area contributed by atoms with Gasteiger partial charge in [0.2, 0.25) is 0 Å². The quantitative estimate of drug-likeness (QED) is 0.191. The lowest BCUT2D eigenvalue weighted by atomic mass is 10.0. The maximum Gasteiger partial charge on any atom is 0.271 e. The molecule has 220 valence electrons. The molecule has 0 bridgehead atoms. The van der Waals surface area contributed by atoms with Gasteiger partial charge in [-0.2, -0.15) is 0 Å². The highest BCUT2D eigenvalue weighted by Gasteiger charge is 2.35. The van der Waals surface area contributed by atoms with Crippen molar-refractivity contribution in [3.05, 3.63) is 121 Å². The van der Waals surface area contributed by atoms with E-state index in [2.05, 4.69) is 32.9 Å². The monoisotopic (exact) mass is 630 g/mol. The molecule has 4 aromatic rings. The first-order valence-electron chi connectivity index (χ1n) is 13.8. The van der Waals surface area contributed by atoms with E-state index in [1.165, 1.54) is 28.5 Å². The Morgan fingerprint density at radius 1 is 0.814 bits per heavy atom. The van der Waals surface area contributed by atoms with Crippen LogP contribution in [0.4, 0.5) is 11.4 Å². The molecule has 0 atom stereocenters. The molecule has 1 amide bonds. The van der Waals surface area contributed by atoms with Gasteiger partial charge in [0, 0.05) is 10.0 Å². The second-order valence-corrected chi connectivity index (χ2v) is 12.4. The zero-order valence-electron chi connectivity index (χ0n) is 24.9. The van der Waals surface area contributed by atoms with Gasteiger partial charge in [0.15, 0.2) is 16.7 Å². The number of hydrogen-bond acceptors (Lipinski definition) is 5. The number of amidine groups is 1. The lowest BCUT2D eigenvalue weighted by Crippen LogP contribution is -2.28. The second kappa shape index (κ2) is 12.9. The molecule has 5 rings (SSSR count). The van der Waals surface area contributed by atoms with E-state index < -0.39 is 0 Å². The second-order valence-electron chi connectivity index (χ2n) is 10.6. The number of aliphatic imine (C=N–C) groups is 1. The van der Waals surface area contributed by atoms with Gasteiger partial charge < -0.3 is 9.47 Å². The van der Waals surface area contributed by atoms with Crippen LogP contribution in [0.5, 0.6) is 11.5 Å². The Bertz CT molecular complexity index is 1780. The average molecular weight is 632 g/mol. The van der Waals surface area contributed by atoms with Crippen LogP contribution in [0, 0.1) is 34.6 Å². The smallest absolute Gasteiger partial charge is 0.271 e. The number of ether oxygens (including phenoxy) is 2. The van der Waals surface area contributed by atoms with E-state index in [1.807, 2.05) is 62.4 Å². The van der Waals surface area contributed by atoms with E-state index in [9.17, 15) is 4.79 Å². The van der Waals surface area contributed by atoms with Crippen LogP contribution in [0.25, 0.3) is 6.08 Å².